The normalized spacial score (nSPS) is 10.2. The number of rotatable bonds is 5. The molecule has 2 rings (SSSR count). The minimum Gasteiger partial charge on any atom is -0.372 e. The SMILES string of the molecule is O=[N+]([O-])c1ccccc1COCc1ccccc1. The van der Waals surface area contributed by atoms with E-state index in [1.165, 1.54) is 6.07 Å². The summed E-state index contributed by atoms with van der Waals surface area (Å²) in [5, 5.41) is 10.8. The molecule has 2 aromatic carbocycles. The van der Waals surface area contributed by atoms with Crippen LogP contribution >= 0.6 is 0 Å². The van der Waals surface area contributed by atoms with E-state index >= 15 is 0 Å². The van der Waals surface area contributed by atoms with Gasteiger partial charge in [0, 0.05) is 6.07 Å². The molecule has 0 bridgehead atoms. The summed E-state index contributed by atoms with van der Waals surface area (Å²) in [5.74, 6) is 0. The minimum absolute atomic E-state index is 0.102. The Morgan fingerprint density at radius 1 is 0.944 bits per heavy atom. The lowest BCUT2D eigenvalue weighted by molar-refractivity contribution is -0.386. The van der Waals surface area contributed by atoms with E-state index in [-0.39, 0.29) is 17.2 Å². The van der Waals surface area contributed by atoms with Gasteiger partial charge in [-0.05, 0) is 11.6 Å². The molecule has 4 nitrogen and oxygen atoms in total. The van der Waals surface area contributed by atoms with Gasteiger partial charge in [-0.1, -0.05) is 42.5 Å². The molecule has 4 heteroatoms. The third-order valence-corrected chi connectivity index (χ3v) is 2.56. The Balaban J connectivity index is 1.97. The lowest BCUT2D eigenvalue weighted by atomic mass is 10.2. The van der Waals surface area contributed by atoms with Gasteiger partial charge in [-0.2, -0.15) is 0 Å². The van der Waals surface area contributed by atoms with E-state index in [0.717, 1.165) is 5.56 Å². The zero-order chi connectivity index (χ0) is 12.8. The van der Waals surface area contributed by atoms with Crippen LogP contribution in [-0.2, 0) is 18.0 Å². The van der Waals surface area contributed by atoms with Gasteiger partial charge in [0.1, 0.15) is 0 Å². The van der Waals surface area contributed by atoms with Crippen molar-refractivity contribution >= 4 is 5.69 Å². The maximum atomic E-state index is 10.8. The van der Waals surface area contributed by atoms with Gasteiger partial charge in [-0.3, -0.25) is 10.1 Å². The van der Waals surface area contributed by atoms with Crippen molar-refractivity contribution in [3.05, 3.63) is 75.8 Å². The summed E-state index contributed by atoms with van der Waals surface area (Å²) in [7, 11) is 0. The number of benzene rings is 2. The molecule has 0 amide bonds. The summed E-state index contributed by atoms with van der Waals surface area (Å²) in [6, 6.07) is 16.3. The highest BCUT2D eigenvalue weighted by atomic mass is 16.6. The van der Waals surface area contributed by atoms with Crippen molar-refractivity contribution in [2.24, 2.45) is 0 Å². The van der Waals surface area contributed by atoms with E-state index in [1.54, 1.807) is 18.2 Å². The van der Waals surface area contributed by atoms with Gasteiger partial charge in [-0.15, -0.1) is 0 Å². The zero-order valence-electron chi connectivity index (χ0n) is 9.78. The van der Waals surface area contributed by atoms with E-state index < -0.39 is 0 Å². The van der Waals surface area contributed by atoms with Crippen LogP contribution in [0.1, 0.15) is 11.1 Å². The fraction of sp³-hybridized carbons (Fsp3) is 0.143. The van der Waals surface area contributed by atoms with Crippen LogP contribution in [0.4, 0.5) is 5.69 Å². The Labute approximate surface area is 105 Å². The van der Waals surface area contributed by atoms with Gasteiger partial charge in [0.05, 0.1) is 23.7 Å². The van der Waals surface area contributed by atoms with Crippen molar-refractivity contribution in [1.82, 2.24) is 0 Å². The first kappa shape index (κ1) is 12.3. The van der Waals surface area contributed by atoms with Gasteiger partial charge in [-0.25, -0.2) is 0 Å². The summed E-state index contributed by atoms with van der Waals surface area (Å²) < 4.78 is 5.49. The zero-order valence-corrected chi connectivity index (χ0v) is 9.78. The second-order valence-electron chi connectivity index (χ2n) is 3.86. The standard InChI is InChI=1S/C14H13NO3/c16-15(17)14-9-5-4-8-13(14)11-18-10-12-6-2-1-3-7-12/h1-9H,10-11H2. The maximum absolute atomic E-state index is 10.8. The monoisotopic (exact) mass is 243 g/mol. The average molecular weight is 243 g/mol. The molecule has 2 aromatic rings. The van der Waals surface area contributed by atoms with Crippen molar-refractivity contribution in [2.75, 3.05) is 0 Å². The highest BCUT2D eigenvalue weighted by molar-refractivity contribution is 5.39. The van der Waals surface area contributed by atoms with Gasteiger partial charge in [0.25, 0.3) is 5.69 Å². The second kappa shape index (κ2) is 5.93. The third kappa shape index (κ3) is 3.15. The van der Waals surface area contributed by atoms with Crippen LogP contribution in [0.15, 0.2) is 54.6 Å². The van der Waals surface area contributed by atoms with Gasteiger partial charge in [0.2, 0.25) is 0 Å². The first-order valence-electron chi connectivity index (χ1n) is 5.61. The highest BCUT2D eigenvalue weighted by Crippen LogP contribution is 2.18. The third-order valence-electron chi connectivity index (χ3n) is 2.56. The number of nitrogens with zero attached hydrogens (tertiary/aromatic N) is 1. The maximum Gasteiger partial charge on any atom is 0.274 e. The molecule has 0 saturated carbocycles. The molecule has 0 aliphatic rings. The van der Waals surface area contributed by atoms with E-state index in [1.807, 2.05) is 30.3 Å². The first-order chi connectivity index (χ1) is 8.77. The predicted octanol–water partition coefficient (Wildman–Crippen LogP) is 3.31. The van der Waals surface area contributed by atoms with Gasteiger partial charge >= 0.3 is 0 Å². The van der Waals surface area contributed by atoms with Crippen LogP contribution in [0.25, 0.3) is 0 Å². The number of hydrogen-bond acceptors (Lipinski definition) is 3. The quantitative estimate of drug-likeness (QED) is 0.598. The summed E-state index contributed by atoms with van der Waals surface area (Å²) in [5.41, 5.74) is 1.75. The van der Waals surface area contributed by atoms with Crippen molar-refractivity contribution in [3.63, 3.8) is 0 Å². The van der Waals surface area contributed by atoms with Crippen molar-refractivity contribution in [3.8, 4) is 0 Å². The molecular formula is C14H13NO3. The molecule has 0 unspecified atom stereocenters. The predicted molar refractivity (Wildman–Crippen MR) is 68.0 cm³/mol. The van der Waals surface area contributed by atoms with Crippen LogP contribution in [0, 0.1) is 10.1 Å². The lowest BCUT2D eigenvalue weighted by Gasteiger charge is -2.05. The van der Waals surface area contributed by atoms with Crippen LogP contribution in [0.3, 0.4) is 0 Å². The van der Waals surface area contributed by atoms with Crippen molar-refractivity contribution in [2.45, 2.75) is 13.2 Å². The second-order valence-corrected chi connectivity index (χ2v) is 3.86. The van der Waals surface area contributed by atoms with E-state index in [2.05, 4.69) is 0 Å². The smallest absolute Gasteiger partial charge is 0.274 e. The molecule has 0 saturated heterocycles. The highest BCUT2D eigenvalue weighted by Gasteiger charge is 2.11. The summed E-state index contributed by atoms with van der Waals surface area (Å²) in [6.07, 6.45) is 0. The fourth-order valence-corrected chi connectivity index (χ4v) is 1.66. The topological polar surface area (TPSA) is 52.4 Å². The summed E-state index contributed by atoms with van der Waals surface area (Å²) in [6.45, 7) is 0.693. The van der Waals surface area contributed by atoms with E-state index in [4.69, 9.17) is 4.74 Å². The van der Waals surface area contributed by atoms with Crippen LogP contribution < -0.4 is 0 Å². The molecule has 0 heterocycles. The molecular weight excluding hydrogens is 230 g/mol. The Morgan fingerprint density at radius 2 is 1.61 bits per heavy atom. The Bertz CT molecular complexity index is 526. The molecule has 0 atom stereocenters. The molecule has 92 valence electrons. The fourth-order valence-electron chi connectivity index (χ4n) is 1.66. The van der Waals surface area contributed by atoms with E-state index in [0.29, 0.717) is 12.2 Å². The number of nitro groups is 1. The van der Waals surface area contributed by atoms with Crippen molar-refractivity contribution < 1.29 is 9.66 Å². The minimum atomic E-state index is -0.388. The molecule has 0 spiro atoms. The van der Waals surface area contributed by atoms with Crippen LogP contribution in [-0.4, -0.2) is 4.92 Å². The average Bonchev–Trinajstić information content (AvgIpc) is 2.40. The number of ether oxygens (including phenoxy) is 1. The molecule has 0 aromatic heterocycles. The van der Waals surface area contributed by atoms with Gasteiger partial charge < -0.3 is 4.74 Å². The first-order valence-corrected chi connectivity index (χ1v) is 5.61. The summed E-state index contributed by atoms with van der Waals surface area (Å²) in [4.78, 5) is 10.4. The Hall–Kier alpha value is -2.20. The molecule has 0 aliphatic carbocycles. The van der Waals surface area contributed by atoms with Crippen LogP contribution in [0.2, 0.25) is 0 Å². The van der Waals surface area contributed by atoms with Gasteiger partial charge in [0.15, 0.2) is 0 Å². The Morgan fingerprint density at radius 3 is 2.33 bits per heavy atom. The van der Waals surface area contributed by atoms with Crippen LogP contribution in [0.5, 0.6) is 0 Å². The molecule has 0 aliphatic heterocycles. The molecule has 0 radical (unpaired) electrons. The van der Waals surface area contributed by atoms with E-state index in [9.17, 15) is 10.1 Å². The molecule has 18 heavy (non-hydrogen) atoms. The Kier molecular flexibility index (Phi) is 4.04. The molecule has 0 N–H and O–H groups in total. The number of nitro benzene ring substituents is 1. The van der Waals surface area contributed by atoms with Crippen molar-refractivity contribution in [1.29, 1.82) is 0 Å². The largest absolute Gasteiger partial charge is 0.372 e. The summed E-state index contributed by atoms with van der Waals surface area (Å²) >= 11 is 0. The molecule has 0 fully saturated rings. The number of para-hydroxylation sites is 1. The number of hydrogen-bond donors (Lipinski definition) is 0. The lowest BCUT2D eigenvalue weighted by Crippen LogP contribution is -1.98.